The molecule has 84 valence electrons. The predicted molar refractivity (Wildman–Crippen MR) is 61.1 cm³/mol. The summed E-state index contributed by atoms with van der Waals surface area (Å²) in [4.78, 5) is 0. The van der Waals surface area contributed by atoms with Gasteiger partial charge in [0.05, 0.1) is 0 Å². The molecule has 1 aromatic rings. The highest BCUT2D eigenvalue weighted by Crippen LogP contribution is 2.03. The van der Waals surface area contributed by atoms with E-state index in [4.69, 9.17) is 5.14 Å². The molecule has 0 aliphatic heterocycles. The fourth-order valence-corrected chi connectivity index (χ4v) is 3.52. The third-order valence-electron chi connectivity index (χ3n) is 1.76. The van der Waals surface area contributed by atoms with E-state index in [9.17, 15) is 13.0 Å². The maximum Gasteiger partial charge on any atom is 0.255 e. The van der Waals surface area contributed by atoms with Gasteiger partial charge in [-0.1, -0.05) is 30.3 Å². The molecule has 1 aromatic carbocycles. The Morgan fingerprint density at radius 3 is 2.40 bits per heavy atom. The van der Waals surface area contributed by atoms with Crippen LogP contribution >= 0.6 is 0 Å². The molecule has 0 heterocycles. The monoisotopic (exact) mass is 247 g/mol. The van der Waals surface area contributed by atoms with Gasteiger partial charge in [0.15, 0.2) is 0 Å². The Morgan fingerprint density at radius 2 is 1.87 bits per heavy atom. The highest BCUT2D eigenvalue weighted by atomic mass is 32.3. The number of primary sulfonamides is 1. The maximum atomic E-state index is 11.3. The largest absolute Gasteiger partial charge is 0.616 e. The summed E-state index contributed by atoms with van der Waals surface area (Å²) in [5.41, 5.74) is 1.04. The fraction of sp³-hybridized carbons (Fsp3) is 0.333. The number of nitrogens with two attached hydrogens (primary N) is 1. The Balaban J connectivity index is 2.38. The zero-order chi connectivity index (χ0) is 11.3. The van der Waals surface area contributed by atoms with E-state index in [1.165, 1.54) is 0 Å². The standard InChI is InChI=1S/C9H13NO3S2/c10-15(12,13)8-14(11)7-6-9-4-2-1-3-5-9/h1-5H,6-8H2,(H2,10,12,13). The Hall–Kier alpha value is -0.560. The molecular formula is C9H13NO3S2. The molecule has 1 rings (SSSR count). The second-order valence-corrected chi connectivity index (χ2v) is 6.72. The van der Waals surface area contributed by atoms with Gasteiger partial charge in [0.25, 0.3) is 10.0 Å². The van der Waals surface area contributed by atoms with Gasteiger partial charge in [-0.3, -0.25) is 0 Å². The summed E-state index contributed by atoms with van der Waals surface area (Å²) in [6, 6.07) is 9.49. The van der Waals surface area contributed by atoms with Crippen LogP contribution in [0.3, 0.4) is 0 Å². The van der Waals surface area contributed by atoms with Crippen molar-refractivity contribution in [2.45, 2.75) is 6.42 Å². The van der Waals surface area contributed by atoms with Crippen molar-refractivity contribution < 1.29 is 13.0 Å². The molecule has 0 spiro atoms. The minimum atomic E-state index is -3.63. The van der Waals surface area contributed by atoms with Crippen LogP contribution in [-0.4, -0.2) is 23.8 Å². The van der Waals surface area contributed by atoms with E-state index in [0.717, 1.165) is 5.56 Å². The lowest BCUT2D eigenvalue weighted by atomic mass is 10.2. The Kier molecular flexibility index (Phi) is 4.59. The Labute approximate surface area is 92.7 Å². The minimum absolute atomic E-state index is 0.320. The van der Waals surface area contributed by atoms with Gasteiger partial charge in [-0.05, 0) is 16.7 Å². The van der Waals surface area contributed by atoms with Gasteiger partial charge >= 0.3 is 0 Å². The number of hydrogen-bond donors (Lipinski definition) is 1. The van der Waals surface area contributed by atoms with Crippen molar-refractivity contribution in [2.75, 3.05) is 10.8 Å². The van der Waals surface area contributed by atoms with Crippen LogP contribution in [0.1, 0.15) is 5.56 Å². The third kappa shape index (κ3) is 5.78. The van der Waals surface area contributed by atoms with Gasteiger partial charge in [-0.25, -0.2) is 13.6 Å². The molecule has 0 aromatic heterocycles. The summed E-state index contributed by atoms with van der Waals surface area (Å²) in [7, 11) is -3.63. The summed E-state index contributed by atoms with van der Waals surface area (Å²) in [6.07, 6.45) is 0.600. The minimum Gasteiger partial charge on any atom is -0.616 e. The van der Waals surface area contributed by atoms with Crippen molar-refractivity contribution in [1.29, 1.82) is 0 Å². The lowest BCUT2D eigenvalue weighted by molar-refractivity contribution is 0.588. The number of aryl methyl sites for hydroxylation is 1. The van der Waals surface area contributed by atoms with Gasteiger partial charge in [0.1, 0.15) is 5.75 Å². The molecule has 0 fully saturated rings. The van der Waals surface area contributed by atoms with Gasteiger partial charge in [-0.15, -0.1) is 0 Å². The summed E-state index contributed by atoms with van der Waals surface area (Å²) < 4.78 is 32.6. The van der Waals surface area contributed by atoms with Gasteiger partial charge < -0.3 is 4.55 Å². The molecular weight excluding hydrogens is 234 g/mol. The third-order valence-corrected chi connectivity index (χ3v) is 4.78. The van der Waals surface area contributed by atoms with Crippen LogP contribution in [0, 0.1) is 0 Å². The summed E-state index contributed by atoms with van der Waals surface area (Å²) in [5.74, 6) is 0.320. The molecule has 0 bridgehead atoms. The van der Waals surface area contributed by atoms with Crippen molar-refractivity contribution in [1.82, 2.24) is 0 Å². The van der Waals surface area contributed by atoms with Crippen LogP contribution in [0.4, 0.5) is 0 Å². The molecule has 15 heavy (non-hydrogen) atoms. The normalized spacial score (nSPS) is 13.7. The molecule has 0 radical (unpaired) electrons. The van der Waals surface area contributed by atoms with Crippen molar-refractivity contribution in [3.63, 3.8) is 0 Å². The first kappa shape index (κ1) is 12.5. The topological polar surface area (TPSA) is 83.2 Å². The van der Waals surface area contributed by atoms with Gasteiger partial charge in [-0.2, -0.15) is 0 Å². The second-order valence-electron chi connectivity index (χ2n) is 3.16. The zero-order valence-corrected chi connectivity index (χ0v) is 9.76. The molecule has 0 aliphatic carbocycles. The highest BCUT2D eigenvalue weighted by Gasteiger charge is 2.14. The van der Waals surface area contributed by atoms with Crippen LogP contribution < -0.4 is 5.14 Å². The van der Waals surface area contributed by atoms with Gasteiger partial charge in [0.2, 0.25) is 5.08 Å². The first-order chi connectivity index (χ1) is 6.97. The van der Waals surface area contributed by atoms with Crippen LogP contribution in [0.5, 0.6) is 0 Å². The fourth-order valence-electron chi connectivity index (χ4n) is 1.12. The molecule has 0 saturated carbocycles. The Bertz CT molecular complexity index is 391. The van der Waals surface area contributed by atoms with Crippen molar-refractivity contribution in [2.24, 2.45) is 5.14 Å². The average molecular weight is 247 g/mol. The summed E-state index contributed by atoms with van der Waals surface area (Å²) in [6.45, 7) is 0. The maximum absolute atomic E-state index is 11.3. The summed E-state index contributed by atoms with van der Waals surface area (Å²) >= 11 is -1.40. The molecule has 6 heteroatoms. The van der Waals surface area contributed by atoms with Gasteiger partial charge in [0, 0.05) is 6.42 Å². The molecule has 0 aliphatic rings. The lowest BCUT2D eigenvalue weighted by Crippen LogP contribution is -2.25. The first-order valence-corrected chi connectivity index (χ1v) is 7.57. The molecule has 1 unspecified atom stereocenters. The van der Waals surface area contributed by atoms with Crippen molar-refractivity contribution in [3.8, 4) is 0 Å². The zero-order valence-electron chi connectivity index (χ0n) is 8.13. The van der Waals surface area contributed by atoms with E-state index in [0.29, 0.717) is 12.2 Å². The molecule has 0 saturated heterocycles. The van der Waals surface area contributed by atoms with Crippen LogP contribution in [0.15, 0.2) is 30.3 Å². The SMILES string of the molecule is NS(=O)(=O)C[S+]([O-])CCc1ccccc1. The van der Waals surface area contributed by atoms with Crippen molar-refractivity contribution >= 4 is 21.2 Å². The molecule has 2 N–H and O–H groups in total. The van der Waals surface area contributed by atoms with E-state index < -0.39 is 26.3 Å². The number of sulfonamides is 1. The predicted octanol–water partition coefficient (Wildman–Crippen LogP) is 0.224. The quantitative estimate of drug-likeness (QED) is 0.756. The van der Waals surface area contributed by atoms with Crippen molar-refractivity contribution in [3.05, 3.63) is 35.9 Å². The van der Waals surface area contributed by atoms with E-state index in [-0.39, 0.29) is 0 Å². The van der Waals surface area contributed by atoms with E-state index in [1.807, 2.05) is 30.3 Å². The van der Waals surface area contributed by atoms with E-state index in [1.54, 1.807) is 0 Å². The number of rotatable bonds is 5. The molecule has 4 nitrogen and oxygen atoms in total. The smallest absolute Gasteiger partial charge is 0.255 e. The van der Waals surface area contributed by atoms with Crippen LogP contribution in [0.25, 0.3) is 0 Å². The van der Waals surface area contributed by atoms with E-state index >= 15 is 0 Å². The van der Waals surface area contributed by atoms with Crippen LogP contribution in [-0.2, 0) is 27.6 Å². The average Bonchev–Trinajstić information content (AvgIpc) is 2.14. The number of benzene rings is 1. The highest BCUT2D eigenvalue weighted by molar-refractivity contribution is 8.07. The molecule has 1 atom stereocenters. The second kappa shape index (κ2) is 5.50. The van der Waals surface area contributed by atoms with E-state index in [2.05, 4.69) is 0 Å². The number of hydrogen-bond acceptors (Lipinski definition) is 3. The van der Waals surface area contributed by atoms with Crippen LogP contribution in [0.2, 0.25) is 0 Å². The molecule has 0 amide bonds. The lowest BCUT2D eigenvalue weighted by Gasteiger charge is -2.09. The summed E-state index contributed by atoms with van der Waals surface area (Å²) in [5, 5.41) is 4.33. The first-order valence-electron chi connectivity index (χ1n) is 4.37. The Morgan fingerprint density at radius 1 is 1.27 bits per heavy atom.